The van der Waals surface area contributed by atoms with Gasteiger partial charge in [0.25, 0.3) is 0 Å². The molecule has 1 saturated heterocycles. The summed E-state index contributed by atoms with van der Waals surface area (Å²) < 4.78 is 51.4. The Hall–Kier alpha value is -1.83. The van der Waals surface area contributed by atoms with Crippen LogP contribution in [0, 0.1) is 5.82 Å². The molecule has 2 rings (SSSR count). The van der Waals surface area contributed by atoms with Crippen molar-refractivity contribution in [1.29, 1.82) is 0 Å². The van der Waals surface area contributed by atoms with Gasteiger partial charge in [-0.3, -0.25) is 0 Å². The maximum Gasteiger partial charge on any atom is 0.416 e. The first-order valence-electron chi connectivity index (χ1n) is 6.14. The number of urea groups is 1. The van der Waals surface area contributed by atoms with Crippen LogP contribution in [-0.4, -0.2) is 16.6 Å². The molecular weight excluding hydrogens is 292 g/mol. The Bertz CT molecular complexity index is 566. The number of nitrogens with one attached hydrogen (secondary N) is 1. The molecule has 0 radical (unpaired) electrons. The fourth-order valence-electron chi connectivity index (χ4n) is 1.70. The highest BCUT2D eigenvalue weighted by molar-refractivity contribution is 5.75. The molecule has 1 aliphatic heterocycles. The average molecular weight is 306 g/mol. The monoisotopic (exact) mass is 306 g/mol. The van der Waals surface area contributed by atoms with E-state index in [2.05, 4.69) is 5.32 Å². The van der Waals surface area contributed by atoms with Crippen LogP contribution in [-0.2, 0) is 11.0 Å². The summed E-state index contributed by atoms with van der Waals surface area (Å²) in [6, 6.07) is 1.36. The van der Waals surface area contributed by atoms with Crippen molar-refractivity contribution in [2.75, 3.05) is 0 Å². The molecule has 1 aliphatic rings. The number of hydrogen-bond donors (Lipinski definition) is 1. The Balaban J connectivity index is 2.16. The van der Waals surface area contributed by atoms with Crippen LogP contribution < -0.4 is 5.32 Å². The average Bonchev–Trinajstić information content (AvgIpc) is 3.05. The van der Waals surface area contributed by atoms with Gasteiger partial charge >= 0.3 is 12.2 Å². The first-order chi connectivity index (χ1) is 9.49. The lowest BCUT2D eigenvalue weighted by Crippen LogP contribution is -2.43. The molecule has 1 aromatic carbocycles. The van der Waals surface area contributed by atoms with E-state index < -0.39 is 35.4 Å². The van der Waals surface area contributed by atoms with Crippen molar-refractivity contribution in [3.63, 3.8) is 0 Å². The summed E-state index contributed by atoms with van der Waals surface area (Å²) in [5, 5.41) is 3.36. The van der Waals surface area contributed by atoms with Crippen LogP contribution in [0.15, 0.2) is 18.2 Å². The van der Waals surface area contributed by atoms with Gasteiger partial charge in [0, 0.05) is 11.1 Å². The molecule has 1 N–H and O–H groups in total. The third-order valence-electron chi connectivity index (χ3n) is 2.65. The number of amides is 2. The zero-order valence-electron chi connectivity index (χ0n) is 11.6. The van der Waals surface area contributed by atoms with Crippen LogP contribution in [0.2, 0.25) is 0 Å². The summed E-state index contributed by atoms with van der Waals surface area (Å²) in [5.74, 6) is -0.862. The highest BCUT2D eigenvalue weighted by atomic mass is 19.4. The van der Waals surface area contributed by atoms with Gasteiger partial charge in [0.1, 0.15) is 5.82 Å². The van der Waals surface area contributed by atoms with Crippen molar-refractivity contribution >= 4 is 6.03 Å². The Morgan fingerprint density at radius 1 is 1.29 bits per heavy atom. The molecule has 0 saturated carbocycles. The van der Waals surface area contributed by atoms with E-state index in [0.717, 1.165) is 5.06 Å². The lowest BCUT2D eigenvalue weighted by Gasteiger charge is -2.19. The summed E-state index contributed by atoms with van der Waals surface area (Å²) in [6.07, 6.45) is -5.73. The summed E-state index contributed by atoms with van der Waals surface area (Å²) in [4.78, 5) is 16.6. The van der Waals surface area contributed by atoms with Crippen LogP contribution >= 0.6 is 0 Å². The van der Waals surface area contributed by atoms with E-state index in [1.807, 2.05) is 0 Å². The maximum atomic E-state index is 13.6. The summed E-state index contributed by atoms with van der Waals surface area (Å²) in [6.45, 7) is 5.19. The maximum absolute atomic E-state index is 13.6. The molecule has 0 aromatic heterocycles. The zero-order chi connectivity index (χ0) is 16.0. The highest BCUT2D eigenvalue weighted by Gasteiger charge is 2.46. The molecule has 1 unspecified atom stereocenters. The largest absolute Gasteiger partial charge is 0.416 e. The van der Waals surface area contributed by atoms with Crippen LogP contribution in [0.1, 0.15) is 38.1 Å². The second-order valence-electron chi connectivity index (χ2n) is 5.70. The molecule has 1 aromatic rings. The molecule has 1 heterocycles. The smallest absolute Gasteiger partial charge is 0.332 e. The van der Waals surface area contributed by atoms with E-state index in [-0.39, 0.29) is 5.56 Å². The highest BCUT2D eigenvalue weighted by Crippen LogP contribution is 2.40. The lowest BCUT2D eigenvalue weighted by atomic mass is 10.1. The number of halogens is 4. The van der Waals surface area contributed by atoms with Gasteiger partial charge in [-0.15, -0.1) is 0 Å². The molecule has 0 spiro atoms. The van der Waals surface area contributed by atoms with Crippen LogP contribution in [0.3, 0.4) is 0 Å². The van der Waals surface area contributed by atoms with Gasteiger partial charge in [-0.1, -0.05) is 0 Å². The molecule has 0 bridgehead atoms. The number of hydroxylamine groups is 2. The first-order valence-corrected chi connectivity index (χ1v) is 6.14. The van der Waals surface area contributed by atoms with E-state index >= 15 is 0 Å². The molecule has 0 aliphatic carbocycles. The minimum Gasteiger partial charge on any atom is -0.332 e. The topological polar surface area (TPSA) is 44.6 Å². The van der Waals surface area contributed by atoms with Gasteiger partial charge < -0.3 is 5.32 Å². The number of hydrogen-bond acceptors (Lipinski definition) is 2. The normalized spacial score (nSPS) is 18.6. The van der Waals surface area contributed by atoms with Crippen molar-refractivity contribution in [2.45, 2.75) is 38.7 Å². The van der Waals surface area contributed by atoms with Gasteiger partial charge in [-0.2, -0.15) is 18.2 Å². The number of carbonyl (C=O) groups excluding carboxylic acids is 1. The van der Waals surface area contributed by atoms with Crippen LogP contribution in [0.25, 0.3) is 0 Å². The van der Waals surface area contributed by atoms with E-state index in [0.29, 0.717) is 18.2 Å². The number of alkyl halides is 3. The minimum absolute atomic E-state index is 0.325. The van der Waals surface area contributed by atoms with Gasteiger partial charge in [0.2, 0.25) is 6.23 Å². The quantitative estimate of drug-likeness (QED) is 0.636. The van der Waals surface area contributed by atoms with Crippen LogP contribution in [0.5, 0.6) is 0 Å². The molecule has 2 amide bonds. The molecule has 8 heteroatoms. The predicted octanol–water partition coefficient (Wildman–Crippen LogP) is 3.60. The van der Waals surface area contributed by atoms with E-state index in [1.54, 1.807) is 20.8 Å². The van der Waals surface area contributed by atoms with Crippen molar-refractivity contribution in [1.82, 2.24) is 10.4 Å². The molecule has 1 fully saturated rings. The Morgan fingerprint density at radius 3 is 2.43 bits per heavy atom. The molecular formula is C13H14F4N2O2. The van der Waals surface area contributed by atoms with E-state index in [9.17, 15) is 22.4 Å². The second kappa shape index (κ2) is 4.87. The van der Waals surface area contributed by atoms with Crippen LogP contribution in [0.4, 0.5) is 22.4 Å². The minimum atomic E-state index is -4.59. The van der Waals surface area contributed by atoms with Gasteiger partial charge in [0.15, 0.2) is 0 Å². The fraction of sp³-hybridized carbons (Fsp3) is 0.462. The Labute approximate surface area is 118 Å². The fourth-order valence-corrected chi connectivity index (χ4v) is 1.70. The van der Waals surface area contributed by atoms with Gasteiger partial charge in [-0.25, -0.2) is 14.0 Å². The number of rotatable bonds is 1. The lowest BCUT2D eigenvalue weighted by molar-refractivity contribution is -0.137. The third kappa shape index (κ3) is 3.63. The molecule has 1 atom stereocenters. The van der Waals surface area contributed by atoms with Gasteiger partial charge in [-0.05, 0) is 39.0 Å². The van der Waals surface area contributed by atoms with Crippen molar-refractivity contribution in [3.8, 4) is 0 Å². The number of benzene rings is 1. The Morgan fingerprint density at radius 2 is 1.90 bits per heavy atom. The number of nitrogens with zero attached hydrogens (tertiary/aromatic N) is 1. The van der Waals surface area contributed by atoms with E-state index in [4.69, 9.17) is 4.84 Å². The molecule has 21 heavy (non-hydrogen) atoms. The van der Waals surface area contributed by atoms with E-state index in [1.165, 1.54) is 0 Å². The molecule has 116 valence electrons. The standard InChI is InChI=1S/C13H14F4N2O2/c1-12(2,3)18-11(20)19-10(21-19)8-6-7(13(15,16)17)4-5-9(8)14/h4-6,10H,1-3H3,(H,18,20). The van der Waals surface area contributed by atoms with Crippen molar-refractivity contribution in [2.24, 2.45) is 0 Å². The second-order valence-corrected chi connectivity index (χ2v) is 5.70. The number of carbonyl (C=O) groups is 1. The SMILES string of the molecule is CC(C)(C)NC(=O)N1OC1c1cc(C(F)(F)F)ccc1F. The Kier molecular flexibility index (Phi) is 3.61. The molecule has 4 nitrogen and oxygen atoms in total. The summed E-state index contributed by atoms with van der Waals surface area (Å²) in [7, 11) is 0. The summed E-state index contributed by atoms with van der Waals surface area (Å²) >= 11 is 0. The van der Waals surface area contributed by atoms with Gasteiger partial charge in [0.05, 0.1) is 5.56 Å². The zero-order valence-corrected chi connectivity index (χ0v) is 11.6. The first kappa shape index (κ1) is 15.6. The van der Waals surface area contributed by atoms with Crippen molar-refractivity contribution in [3.05, 3.63) is 35.1 Å². The summed E-state index contributed by atoms with van der Waals surface area (Å²) in [5.41, 5.74) is -1.86. The third-order valence-corrected chi connectivity index (χ3v) is 2.65. The predicted molar refractivity (Wildman–Crippen MR) is 65.4 cm³/mol. The van der Waals surface area contributed by atoms with Crippen molar-refractivity contribution < 1.29 is 27.2 Å².